The average molecular weight is 268 g/mol. The molecule has 0 atom stereocenters. The molecule has 0 unspecified atom stereocenters. The number of rotatable bonds is 2. The Balaban J connectivity index is 2.68. The summed E-state index contributed by atoms with van der Waals surface area (Å²) in [4.78, 5) is 10.7. The van der Waals surface area contributed by atoms with Crippen molar-refractivity contribution in [3.63, 3.8) is 0 Å². The molecule has 0 saturated carbocycles. The number of aromatic nitrogens is 1. The number of carboxylic acids is 1. The Bertz CT molecular complexity index is 531. The minimum Gasteiger partial charge on any atom is -0.481 e. The van der Waals surface area contributed by atoms with Gasteiger partial charge in [0.05, 0.1) is 11.9 Å². The fourth-order valence-corrected chi connectivity index (χ4v) is 2.32. The quantitative estimate of drug-likeness (QED) is 0.909. The molecule has 2 aromatic rings. The van der Waals surface area contributed by atoms with Gasteiger partial charge in [-0.3, -0.25) is 4.79 Å². The van der Waals surface area contributed by atoms with Crippen LogP contribution in [0, 0.1) is 0 Å². The molecule has 0 saturated heterocycles. The van der Waals surface area contributed by atoms with Crippen LogP contribution in [0.2, 0.25) is 0 Å². The van der Waals surface area contributed by atoms with Crippen LogP contribution in [-0.4, -0.2) is 15.6 Å². The van der Waals surface area contributed by atoms with E-state index >= 15 is 0 Å². The fraction of sp³-hybridized carbons (Fsp3) is 0.182. The number of hydrogen-bond donors (Lipinski definition) is 1. The summed E-state index contributed by atoms with van der Waals surface area (Å²) in [6, 6.07) is 5.82. The summed E-state index contributed by atoms with van der Waals surface area (Å²) >= 11 is 3.38. The summed E-state index contributed by atoms with van der Waals surface area (Å²) in [5.41, 5.74) is 1.82. The minimum atomic E-state index is -0.810. The number of carboxylic acid groups (broad SMARTS) is 1. The maximum Gasteiger partial charge on any atom is 0.307 e. The van der Waals surface area contributed by atoms with Gasteiger partial charge in [0.2, 0.25) is 0 Å². The number of hydrogen-bond acceptors (Lipinski definition) is 1. The highest BCUT2D eigenvalue weighted by molar-refractivity contribution is 9.10. The van der Waals surface area contributed by atoms with Gasteiger partial charge in [0.15, 0.2) is 0 Å². The van der Waals surface area contributed by atoms with Gasteiger partial charge < -0.3 is 9.67 Å². The van der Waals surface area contributed by atoms with Gasteiger partial charge in [0.1, 0.15) is 0 Å². The Labute approximate surface area is 95.5 Å². The molecule has 0 bridgehead atoms. The molecule has 0 aliphatic heterocycles. The van der Waals surface area contributed by atoms with Crippen molar-refractivity contribution in [1.82, 2.24) is 4.57 Å². The summed E-state index contributed by atoms with van der Waals surface area (Å²) < 4.78 is 2.86. The number of benzene rings is 1. The van der Waals surface area contributed by atoms with Crippen molar-refractivity contribution in [3.05, 3.63) is 34.4 Å². The Morgan fingerprint density at radius 2 is 2.27 bits per heavy atom. The van der Waals surface area contributed by atoms with E-state index in [0.717, 1.165) is 20.9 Å². The molecule has 0 amide bonds. The second kappa shape index (κ2) is 3.70. The van der Waals surface area contributed by atoms with Crippen LogP contribution in [0.25, 0.3) is 10.9 Å². The number of aryl methyl sites for hydroxylation is 1. The smallest absolute Gasteiger partial charge is 0.307 e. The highest BCUT2D eigenvalue weighted by Gasteiger charge is 2.09. The van der Waals surface area contributed by atoms with Gasteiger partial charge in [-0.15, -0.1) is 0 Å². The first-order valence-electron chi connectivity index (χ1n) is 4.53. The summed E-state index contributed by atoms with van der Waals surface area (Å²) in [5, 5.41) is 9.88. The zero-order valence-electron chi connectivity index (χ0n) is 8.20. The molecule has 0 aliphatic rings. The molecular weight excluding hydrogens is 258 g/mol. The van der Waals surface area contributed by atoms with Gasteiger partial charge in [0.25, 0.3) is 0 Å². The van der Waals surface area contributed by atoms with Gasteiger partial charge in [-0.25, -0.2) is 0 Å². The zero-order chi connectivity index (χ0) is 11.0. The van der Waals surface area contributed by atoms with Crippen LogP contribution in [0.3, 0.4) is 0 Å². The maximum absolute atomic E-state index is 10.7. The molecule has 1 N–H and O–H groups in total. The first kappa shape index (κ1) is 10.2. The third kappa shape index (κ3) is 1.90. The Morgan fingerprint density at radius 1 is 1.53 bits per heavy atom. The Hall–Kier alpha value is -1.29. The summed E-state index contributed by atoms with van der Waals surface area (Å²) in [6.45, 7) is 0. The molecule has 2 rings (SSSR count). The lowest BCUT2D eigenvalue weighted by molar-refractivity contribution is -0.136. The lowest BCUT2D eigenvalue weighted by Crippen LogP contribution is -2.02. The molecule has 0 aliphatic carbocycles. The normalized spacial score (nSPS) is 10.8. The molecule has 1 heterocycles. The van der Waals surface area contributed by atoms with E-state index in [1.807, 2.05) is 36.0 Å². The molecule has 1 aromatic carbocycles. The number of halogens is 1. The lowest BCUT2D eigenvalue weighted by Gasteiger charge is -2.04. The largest absolute Gasteiger partial charge is 0.481 e. The summed E-state index contributed by atoms with van der Waals surface area (Å²) in [5.74, 6) is -0.810. The van der Waals surface area contributed by atoms with E-state index in [4.69, 9.17) is 5.11 Å². The molecular formula is C11H10BrNO2. The van der Waals surface area contributed by atoms with E-state index in [1.165, 1.54) is 0 Å². The summed E-state index contributed by atoms with van der Waals surface area (Å²) in [7, 11) is 1.92. The number of aliphatic carboxylic acids is 1. The standard InChI is InChI=1S/C11H10BrNO2/c1-13-3-2-7-4-9(12)5-8(11(7)13)6-10(14)15/h2-5H,6H2,1H3,(H,14,15). The molecule has 15 heavy (non-hydrogen) atoms. The van der Waals surface area contributed by atoms with Gasteiger partial charge >= 0.3 is 5.97 Å². The second-order valence-corrected chi connectivity index (χ2v) is 4.42. The van der Waals surface area contributed by atoms with Crippen LogP contribution in [-0.2, 0) is 18.3 Å². The van der Waals surface area contributed by atoms with Crippen molar-refractivity contribution in [2.24, 2.45) is 7.05 Å². The molecule has 78 valence electrons. The van der Waals surface area contributed by atoms with Crippen LogP contribution >= 0.6 is 15.9 Å². The van der Waals surface area contributed by atoms with Gasteiger partial charge in [0, 0.05) is 23.1 Å². The van der Waals surface area contributed by atoms with Crippen molar-refractivity contribution in [2.75, 3.05) is 0 Å². The van der Waals surface area contributed by atoms with E-state index in [0.29, 0.717) is 0 Å². The van der Waals surface area contributed by atoms with E-state index in [1.54, 1.807) is 0 Å². The van der Waals surface area contributed by atoms with E-state index in [-0.39, 0.29) is 6.42 Å². The first-order chi connectivity index (χ1) is 7.08. The predicted octanol–water partition coefficient (Wildman–Crippen LogP) is 2.57. The van der Waals surface area contributed by atoms with E-state index in [2.05, 4.69) is 15.9 Å². The van der Waals surface area contributed by atoms with Gasteiger partial charge in [-0.2, -0.15) is 0 Å². The van der Waals surface area contributed by atoms with E-state index in [9.17, 15) is 4.79 Å². The molecule has 0 spiro atoms. The Kier molecular flexibility index (Phi) is 2.52. The van der Waals surface area contributed by atoms with Crippen molar-refractivity contribution >= 4 is 32.8 Å². The minimum absolute atomic E-state index is 0.0494. The lowest BCUT2D eigenvalue weighted by atomic mass is 10.1. The summed E-state index contributed by atoms with van der Waals surface area (Å²) in [6.07, 6.45) is 1.98. The van der Waals surface area contributed by atoms with Crippen molar-refractivity contribution in [3.8, 4) is 0 Å². The second-order valence-electron chi connectivity index (χ2n) is 3.50. The third-order valence-electron chi connectivity index (χ3n) is 2.36. The van der Waals surface area contributed by atoms with Crippen molar-refractivity contribution < 1.29 is 9.90 Å². The van der Waals surface area contributed by atoms with Crippen molar-refractivity contribution in [1.29, 1.82) is 0 Å². The number of fused-ring (bicyclic) bond motifs is 1. The molecule has 0 radical (unpaired) electrons. The zero-order valence-corrected chi connectivity index (χ0v) is 9.78. The van der Waals surface area contributed by atoms with Crippen LogP contribution in [0.1, 0.15) is 5.56 Å². The van der Waals surface area contributed by atoms with Crippen LogP contribution in [0.5, 0.6) is 0 Å². The molecule has 4 heteroatoms. The maximum atomic E-state index is 10.7. The highest BCUT2D eigenvalue weighted by atomic mass is 79.9. The number of nitrogens with zero attached hydrogens (tertiary/aromatic N) is 1. The monoisotopic (exact) mass is 267 g/mol. The van der Waals surface area contributed by atoms with Gasteiger partial charge in [-0.1, -0.05) is 15.9 Å². The van der Waals surface area contributed by atoms with Crippen LogP contribution in [0.4, 0.5) is 0 Å². The molecule has 1 aromatic heterocycles. The third-order valence-corrected chi connectivity index (χ3v) is 2.81. The molecule has 0 fully saturated rings. The van der Waals surface area contributed by atoms with Crippen LogP contribution < -0.4 is 0 Å². The topological polar surface area (TPSA) is 42.2 Å². The van der Waals surface area contributed by atoms with Crippen molar-refractivity contribution in [2.45, 2.75) is 6.42 Å². The number of carbonyl (C=O) groups is 1. The van der Waals surface area contributed by atoms with E-state index < -0.39 is 5.97 Å². The average Bonchev–Trinajstić information content (AvgIpc) is 2.46. The highest BCUT2D eigenvalue weighted by Crippen LogP contribution is 2.25. The van der Waals surface area contributed by atoms with Gasteiger partial charge in [-0.05, 0) is 23.8 Å². The predicted molar refractivity (Wildman–Crippen MR) is 62.0 cm³/mol. The molecule has 3 nitrogen and oxygen atoms in total. The SMILES string of the molecule is Cn1ccc2cc(Br)cc(CC(=O)O)c21. The van der Waals surface area contributed by atoms with Crippen LogP contribution in [0.15, 0.2) is 28.9 Å². The first-order valence-corrected chi connectivity index (χ1v) is 5.32. The fourth-order valence-electron chi connectivity index (χ4n) is 1.80. The Morgan fingerprint density at radius 3 is 2.93 bits per heavy atom.